The van der Waals surface area contributed by atoms with Crippen molar-refractivity contribution in [1.29, 1.82) is 0 Å². The SMILES string of the molecule is CCC1CCC(C)N1S(=O)(=O)CCNC1CC1. The molecule has 1 aliphatic carbocycles. The van der Waals surface area contributed by atoms with Gasteiger partial charge < -0.3 is 5.32 Å². The lowest BCUT2D eigenvalue weighted by Crippen LogP contribution is -2.43. The van der Waals surface area contributed by atoms with Gasteiger partial charge >= 0.3 is 0 Å². The van der Waals surface area contributed by atoms with E-state index in [0.717, 1.165) is 19.3 Å². The van der Waals surface area contributed by atoms with Crippen molar-refractivity contribution in [3.8, 4) is 0 Å². The highest BCUT2D eigenvalue weighted by Gasteiger charge is 2.37. The van der Waals surface area contributed by atoms with Crippen LogP contribution in [-0.4, -0.2) is 43.1 Å². The first-order valence-corrected chi connectivity index (χ1v) is 8.40. The molecule has 100 valence electrons. The largest absolute Gasteiger partial charge is 0.313 e. The van der Waals surface area contributed by atoms with Crippen LogP contribution in [0.5, 0.6) is 0 Å². The first-order chi connectivity index (χ1) is 8.04. The van der Waals surface area contributed by atoms with Crippen LogP contribution in [0.15, 0.2) is 0 Å². The van der Waals surface area contributed by atoms with E-state index in [1.54, 1.807) is 4.31 Å². The molecule has 4 nitrogen and oxygen atoms in total. The van der Waals surface area contributed by atoms with E-state index in [2.05, 4.69) is 12.2 Å². The van der Waals surface area contributed by atoms with Gasteiger partial charge in [0.1, 0.15) is 0 Å². The molecule has 1 aliphatic heterocycles. The van der Waals surface area contributed by atoms with Crippen LogP contribution in [0.2, 0.25) is 0 Å². The summed E-state index contributed by atoms with van der Waals surface area (Å²) in [7, 11) is -3.07. The second-order valence-electron chi connectivity index (χ2n) is 5.36. The number of rotatable bonds is 6. The standard InChI is InChI=1S/C12H24N2O2S/c1-3-12-7-4-10(2)14(12)17(15,16)9-8-13-11-5-6-11/h10-13H,3-9H2,1-2H3. The molecule has 2 atom stereocenters. The summed E-state index contributed by atoms with van der Waals surface area (Å²) in [4.78, 5) is 0. The summed E-state index contributed by atoms with van der Waals surface area (Å²) in [6, 6.07) is 1.00. The van der Waals surface area contributed by atoms with E-state index in [-0.39, 0.29) is 17.8 Å². The minimum atomic E-state index is -3.07. The lowest BCUT2D eigenvalue weighted by molar-refractivity contribution is 0.328. The van der Waals surface area contributed by atoms with Gasteiger partial charge in [0.25, 0.3) is 0 Å². The minimum absolute atomic E-state index is 0.186. The highest BCUT2D eigenvalue weighted by molar-refractivity contribution is 7.89. The van der Waals surface area contributed by atoms with Crippen LogP contribution in [0.4, 0.5) is 0 Å². The first-order valence-electron chi connectivity index (χ1n) is 6.79. The Labute approximate surface area is 105 Å². The van der Waals surface area contributed by atoms with Crippen molar-refractivity contribution in [2.24, 2.45) is 0 Å². The van der Waals surface area contributed by atoms with Crippen molar-refractivity contribution in [2.45, 2.75) is 64.1 Å². The second-order valence-corrected chi connectivity index (χ2v) is 7.36. The van der Waals surface area contributed by atoms with Crippen molar-refractivity contribution >= 4 is 10.0 Å². The van der Waals surface area contributed by atoms with Gasteiger partial charge in [0.2, 0.25) is 10.0 Å². The number of nitrogens with one attached hydrogen (secondary N) is 1. The van der Waals surface area contributed by atoms with E-state index in [1.807, 2.05) is 6.92 Å². The van der Waals surface area contributed by atoms with Crippen molar-refractivity contribution in [1.82, 2.24) is 9.62 Å². The average molecular weight is 260 g/mol. The predicted octanol–water partition coefficient (Wildman–Crippen LogP) is 1.33. The van der Waals surface area contributed by atoms with E-state index >= 15 is 0 Å². The summed E-state index contributed by atoms with van der Waals surface area (Å²) in [5.41, 5.74) is 0. The number of hydrogen-bond donors (Lipinski definition) is 1. The van der Waals surface area contributed by atoms with Gasteiger partial charge in [0.05, 0.1) is 5.75 Å². The summed E-state index contributed by atoms with van der Waals surface area (Å²) in [5.74, 6) is 0.254. The van der Waals surface area contributed by atoms with Gasteiger partial charge in [-0.2, -0.15) is 4.31 Å². The summed E-state index contributed by atoms with van der Waals surface area (Å²) in [6.07, 6.45) is 5.37. The van der Waals surface area contributed by atoms with Crippen molar-refractivity contribution in [2.75, 3.05) is 12.3 Å². The molecule has 2 rings (SSSR count). The molecule has 2 unspecified atom stereocenters. The van der Waals surface area contributed by atoms with Crippen molar-refractivity contribution < 1.29 is 8.42 Å². The monoisotopic (exact) mass is 260 g/mol. The van der Waals surface area contributed by atoms with E-state index < -0.39 is 10.0 Å². The normalized spacial score (nSPS) is 30.9. The first kappa shape index (κ1) is 13.3. The third kappa shape index (κ3) is 3.20. The van der Waals surface area contributed by atoms with E-state index in [4.69, 9.17) is 0 Å². The smallest absolute Gasteiger partial charge is 0.215 e. The highest BCUT2D eigenvalue weighted by atomic mass is 32.2. The Morgan fingerprint density at radius 2 is 1.94 bits per heavy atom. The average Bonchev–Trinajstić information content (AvgIpc) is 2.99. The van der Waals surface area contributed by atoms with Gasteiger partial charge in [-0.25, -0.2) is 8.42 Å². The number of sulfonamides is 1. The van der Waals surface area contributed by atoms with Crippen LogP contribution in [0.3, 0.4) is 0 Å². The maximum atomic E-state index is 12.3. The number of nitrogens with zero attached hydrogens (tertiary/aromatic N) is 1. The zero-order chi connectivity index (χ0) is 12.5. The molecule has 1 saturated heterocycles. The van der Waals surface area contributed by atoms with Gasteiger partial charge in [-0.3, -0.25) is 0 Å². The summed E-state index contributed by atoms with van der Waals surface area (Å²) < 4.78 is 26.4. The highest BCUT2D eigenvalue weighted by Crippen LogP contribution is 2.29. The maximum absolute atomic E-state index is 12.3. The molecular weight excluding hydrogens is 236 g/mol. The summed E-state index contributed by atoms with van der Waals surface area (Å²) in [6.45, 7) is 4.71. The third-order valence-electron chi connectivity index (χ3n) is 3.87. The molecule has 1 saturated carbocycles. The quantitative estimate of drug-likeness (QED) is 0.784. The fourth-order valence-corrected chi connectivity index (χ4v) is 4.67. The molecule has 2 fully saturated rings. The molecule has 1 N–H and O–H groups in total. The molecule has 0 bridgehead atoms. The summed E-state index contributed by atoms with van der Waals surface area (Å²) in [5, 5.41) is 3.28. The lowest BCUT2D eigenvalue weighted by Gasteiger charge is -2.27. The Morgan fingerprint density at radius 3 is 2.53 bits per heavy atom. The molecule has 0 amide bonds. The fraction of sp³-hybridized carbons (Fsp3) is 1.00. The van der Waals surface area contributed by atoms with E-state index in [9.17, 15) is 8.42 Å². The van der Waals surface area contributed by atoms with Crippen LogP contribution in [-0.2, 0) is 10.0 Å². The molecule has 0 radical (unpaired) electrons. The van der Waals surface area contributed by atoms with E-state index in [1.165, 1.54) is 12.8 Å². The topological polar surface area (TPSA) is 49.4 Å². The Balaban J connectivity index is 1.92. The van der Waals surface area contributed by atoms with Crippen LogP contribution in [0.1, 0.15) is 46.0 Å². The molecule has 0 aromatic heterocycles. The van der Waals surface area contributed by atoms with Crippen LogP contribution >= 0.6 is 0 Å². The second kappa shape index (κ2) is 5.24. The molecule has 5 heteroatoms. The van der Waals surface area contributed by atoms with Crippen LogP contribution in [0, 0.1) is 0 Å². The third-order valence-corrected chi connectivity index (χ3v) is 5.90. The Hall–Kier alpha value is -0.130. The van der Waals surface area contributed by atoms with Gasteiger partial charge in [-0.1, -0.05) is 6.92 Å². The fourth-order valence-electron chi connectivity index (χ4n) is 2.72. The molecule has 1 heterocycles. The van der Waals surface area contributed by atoms with Gasteiger partial charge in [-0.05, 0) is 39.0 Å². The summed E-state index contributed by atoms with van der Waals surface area (Å²) >= 11 is 0. The Kier molecular flexibility index (Phi) is 4.10. The predicted molar refractivity (Wildman–Crippen MR) is 69.4 cm³/mol. The van der Waals surface area contributed by atoms with Crippen LogP contribution < -0.4 is 5.32 Å². The van der Waals surface area contributed by atoms with Gasteiger partial charge in [0.15, 0.2) is 0 Å². The molecule has 0 aromatic carbocycles. The molecule has 2 aliphatic rings. The van der Waals surface area contributed by atoms with E-state index in [0.29, 0.717) is 12.6 Å². The van der Waals surface area contributed by atoms with Gasteiger partial charge in [-0.15, -0.1) is 0 Å². The zero-order valence-electron chi connectivity index (χ0n) is 10.9. The Morgan fingerprint density at radius 1 is 1.24 bits per heavy atom. The minimum Gasteiger partial charge on any atom is -0.313 e. The molecule has 17 heavy (non-hydrogen) atoms. The zero-order valence-corrected chi connectivity index (χ0v) is 11.7. The van der Waals surface area contributed by atoms with Crippen LogP contribution in [0.25, 0.3) is 0 Å². The Bertz CT molecular complexity index is 352. The number of hydrogen-bond acceptors (Lipinski definition) is 3. The van der Waals surface area contributed by atoms with Gasteiger partial charge in [0, 0.05) is 24.7 Å². The van der Waals surface area contributed by atoms with Crippen molar-refractivity contribution in [3.63, 3.8) is 0 Å². The van der Waals surface area contributed by atoms with Crippen molar-refractivity contribution in [3.05, 3.63) is 0 Å². The maximum Gasteiger partial charge on any atom is 0.215 e. The molecule has 0 spiro atoms. The molecule has 0 aromatic rings. The molecular formula is C12H24N2O2S. The lowest BCUT2D eigenvalue weighted by atomic mass is 10.2.